The van der Waals surface area contributed by atoms with Crippen LogP contribution in [0.3, 0.4) is 0 Å². The van der Waals surface area contributed by atoms with Crippen molar-refractivity contribution in [2.45, 2.75) is 44.8 Å². The number of nitrogens with one attached hydrogen (secondary N) is 2. The number of amides is 3. The molecular formula is C28H28BrN3O4S. The summed E-state index contributed by atoms with van der Waals surface area (Å²) < 4.78 is 6.74. The molecule has 2 aliphatic rings. The fourth-order valence-electron chi connectivity index (χ4n) is 4.94. The maximum Gasteiger partial charge on any atom is 0.251 e. The molecule has 0 radical (unpaired) electrons. The number of piperidine rings is 1. The zero-order valence-corrected chi connectivity index (χ0v) is 23.0. The topological polar surface area (TPSA) is 87.7 Å². The molecule has 192 valence electrons. The minimum absolute atomic E-state index is 0.0354. The van der Waals surface area contributed by atoms with Crippen LogP contribution in [0.1, 0.15) is 48.0 Å². The summed E-state index contributed by atoms with van der Waals surface area (Å²) in [6, 6.07) is 17.5. The standard InChI is InChI=1S/C28H28BrN3O4S/c1-17(23-12-19(29)16-37-23)31-27(35)22-13-28(2)14-24(28)32(22)25(33)15-30-26(34)18-8-10-21(11-9-18)36-20-6-4-3-5-7-20/h3-12,16-17,22,24H,13-15H2,1-2H3,(H,30,34)(H,31,35)/t17-,22+,24+,28-/m1/s1. The van der Waals surface area contributed by atoms with Crippen LogP contribution < -0.4 is 15.4 Å². The highest BCUT2D eigenvalue weighted by Gasteiger charge is 2.64. The van der Waals surface area contributed by atoms with Crippen molar-refractivity contribution in [1.82, 2.24) is 15.5 Å². The number of fused-ring (bicyclic) bond motifs is 1. The average molecular weight is 583 g/mol. The number of hydrogen-bond donors (Lipinski definition) is 2. The average Bonchev–Trinajstić information content (AvgIpc) is 3.20. The van der Waals surface area contributed by atoms with E-state index in [1.807, 2.05) is 48.7 Å². The van der Waals surface area contributed by atoms with Gasteiger partial charge < -0.3 is 20.3 Å². The molecule has 0 unspecified atom stereocenters. The van der Waals surface area contributed by atoms with Gasteiger partial charge in [-0.2, -0.15) is 0 Å². The molecule has 2 heterocycles. The first kappa shape index (κ1) is 25.5. The zero-order valence-electron chi connectivity index (χ0n) is 20.6. The number of thiophene rings is 1. The quantitative estimate of drug-likeness (QED) is 0.378. The van der Waals surface area contributed by atoms with E-state index in [4.69, 9.17) is 4.74 Å². The van der Waals surface area contributed by atoms with E-state index in [9.17, 15) is 14.4 Å². The number of hydrogen-bond acceptors (Lipinski definition) is 5. The smallest absolute Gasteiger partial charge is 0.251 e. The van der Waals surface area contributed by atoms with E-state index in [1.54, 1.807) is 40.5 Å². The minimum atomic E-state index is -0.534. The molecule has 2 aromatic carbocycles. The summed E-state index contributed by atoms with van der Waals surface area (Å²) in [6.45, 7) is 3.89. The van der Waals surface area contributed by atoms with E-state index < -0.39 is 6.04 Å². The number of halogens is 1. The molecular weight excluding hydrogens is 554 g/mol. The Bertz CT molecular complexity index is 1310. The predicted octanol–water partition coefficient (Wildman–Crippen LogP) is 5.29. The molecule has 3 aromatic rings. The lowest BCUT2D eigenvalue weighted by molar-refractivity contribution is -0.139. The summed E-state index contributed by atoms with van der Waals surface area (Å²) in [5, 5.41) is 7.76. The van der Waals surface area contributed by atoms with Gasteiger partial charge in [0.2, 0.25) is 11.8 Å². The van der Waals surface area contributed by atoms with Gasteiger partial charge in [0.1, 0.15) is 17.5 Å². The molecule has 2 fully saturated rings. The summed E-state index contributed by atoms with van der Waals surface area (Å²) in [6.07, 6.45) is 1.51. The first-order valence-corrected chi connectivity index (χ1v) is 13.9. The van der Waals surface area contributed by atoms with Gasteiger partial charge in [-0.25, -0.2) is 0 Å². The Kier molecular flexibility index (Phi) is 7.09. The van der Waals surface area contributed by atoms with Crippen LogP contribution in [0.5, 0.6) is 11.5 Å². The number of carbonyl (C=O) groups excluding carboxylic acids is 3. The van der Waals surface area contributed by atoms with Gasteiger partial charge in [-0.1, -0.05) is 25.1 Å². The van der Waals surface area contributed by atoms with Crippen LogP contribution in [0.4, 0.5) is 0 Å². The molecule has 4 atom stereocenters. The van der Waals surface area contributed by atoms with Crippen molar-refractivity contribution in [2.24, 2.45) is 5.41 Å². The lowest BCUT2D eigenvalue weighted by atomic mass is 10.0. The number of carbonyl (C=O) groups is 3. The molecule has 1 saturated carbocycles. The largest absolute Gasteiger partial charge is 0.457 e. The molecule has 5 rings (SSSR count). The minimum Gasteiger partial charge on any atom is -0.457 e. The molecule has 2 N–H and O–H groups in total. The molecule has 0 spiro atoms. The molecule has 7 nitrogen and oxygen atoms in total. The van der Waals surface area contributed by atoms with Crippen LogP contribution in [0, 0.1) is 5.41 Å². The zero-order chi connectivity index (χ0) is 26.2. The van der Waals surface area contributed by atoms with Crippen LogP contribution in [-0.2, 0) is 9.59 Å². The summed E-state index contributed by atoms with van der Waals surface area (Å²) >= 11 is 5.02. The van der Waals surface area contributed by atoms with Gasteiger partial charge in [-0.05, 0) is 83.6 Å². The third kappa shape index (κ3) is 5.57. The number of benzene rings is 2. The Morgan fingerprint density at radius 3 is 2.49 bits per heavy atom. The molecule has 3 amide bonds. The van der Waals surface area contributed by atoms with Crippen LogP contribution in [-0.4, -0.2) is 41.2 Å². The summed E-state index contributed by atoms with van der Waals surface area (Å²) in [4.78, 5) is 41.8. The second-order valence-electron chi connectivity index (χ2n) is 9.91. The van der Waals surface area contributed by atoms with Crippen LogP contribution in [0.15, 0.2) is 70.5 Å². The van der Waals surface area contributed by atoms with E-state index in [0.717, 1.165) is 15.8 Å². The van der Waals surface area contributed by atoms with Crippen molar-refractivity contribution in [2.75, 3.05) is 6.54 Å². The highest BCUT2D eigenvalue weighted by molar-refractivity contribution is 9.10. The van der Waals surface area contributed by atoms with Gasteiger partial charge in [-0.15, -0.1) is 11.3 Å². The summed E-state index contributed by atoms with van der Waals surface area (Å²) in [5.41, 5.74) is 0.391. The Hall–Kier alpha value is -3.17. The number of rotatable bonds is 8. The molecule has 9 heteroatoms. The van der Waals surface area contributed by atoms with Crippen molar-refractivity contribution in [1.29, 1.82) is 0 Å². The molecule has 1 aliphatic heterocycles. The summed E-state index contributed by atoms with van der Waals surface area (Å²) in [5.74, 6) is 0.575. The van der Waals surface area contributed by atoms with E-state index in [0.29, 0.717) is 23.5 Å². The lowest BCUT2D eigenvalue weighted by Gasteiger charge is -2.28. The number of ether oxygens (including phenoxy) is 1. The van der Waals surface area contributed by atoms with Gasteiger partial charge >= 0.3 is 0 Å². The van der Waals surface area contributed by atoms with Crippen molar-refractivity contribution in [3.05, 3.63) is 81.0 Å². The molecule has 37 heavy (non-hydrogen) atoms. The van der Waals surface area contributed by atoms with E-state index in [1.165, 1.54) is 0 Å². The molecule has 1 aromatic heterocycles. The Morgan fingerprint density at radius 2 is 1.81 bits per heavy atom. The van der Waals surface area contributed by atoms with Gasteiger partial charge in [0, 0.05) is 26.3 Å². The molecule has 1 saturated heterocycles. The molecule has 1 aliphatic carbocycles. The maximum absolute atomic E-state index is 13.2. The van der Waals surface area contributed by atoms with Gasteiger partial charge in [0.25, 0.3) is 5.91 Å². The van der Waals surface area contributed by atoms with Crippen molar-refractivity contribution >= 4 is 45.0 Å². The van der Waals surface area contributed by atoms with E-state index >= 15 is 0 Å². The van der Waals surface area contributed by atoms with Gasteiger partial charge in [0.15, 0.2) is 0 Å². The van der Waals surface area contributed by atoms with Crippen molar-refractivity contribution < 1.29 is 19.1 Å². The first-order valence-electron chi connectivity index (χ1n) is 12.2. The number of nitrogens with zero attached hydrogens (tertiary/aromatic N) is 1. The Balaban J connectivity index is 1.18. The SMILES string of the molecule is C[C@@H](NC(=O)[C@@H]1C[C@]2(C)C[C@@H]2N1C(=O)CNC(=O)c1ccc(Oc2ccccc2)cc1)c1cc(Br)cs1. The van der Waals surface area contributed by atoms with Crippen LogP contribution >= 0.6 is 27.3 Å². The first-order chi connectivity index (χ1) is 17.7. The van der Waals surface area contributed by atoms with E-state index in [2.05, 4.69) is 33.5 Å². The highest BCUT2D eigenvalue weighted by atomic mass is 79.9. The van der Waals surface area contributed by atoms with Crippen molar-refractivity contribution in [3.8, 4) is 11.5 Å². The Labute approximate surface area is 228 Å². The van der Waals surface area contributed by atoms with Gasteiger partial charge in [0.05, 0.1) is 12.6 Å². The fourth-order valence-corrected chi connectivity index (χ4v) is 6.40. The summed E-state index contributed by atoms with van der Waals surface area (Å²) in [7, 11) is 0. The predicted molar refractivity (Wildman–Crippen MR) is 146 cm³/mol. The highest BCUT2D eigenvalue weighted by Crippen LogP contribution is 2.59. The van der Waals surface area contributed by atoms with Crippen LogP contribution in [0.2, 0.25) is 0 Å². The fraction of sp³-hybridized carbons (Fsp3) is 0.321. The monoisotopic (exact) mass is 581 g/mol. The number of para-hydroxylation sites is 1. The third-order valence-electron chi connectivity index (χ3n) is 7.09. The normalized spacial score (nSPS) is 22.6. The van der Waals surface area contributed by atoms with Crippen LogP contribution in [0.25, 0.3) is 0 Å². The number of likely N-dealkylation sites (tertiary alicyclic amines) is 1. The second kappa shape index (κ2) is 10.3. The maximum atomic E-state index is 13.2. The van der Waals surface area contributed by atoms with Crippen molar-refractivity contribution in [3.63, 3.8) is 0 Å². The van der Waals surface area contributed by atoms with E-state index in [-0.39, 0.29) is 41.8 Å². The third-order valence-corrected chi connectivity index (χ3v) is 8.97. The Morgan fingerprint density at radius 1 is 1.11 bits per heavy atom. The second-order valence-corrected chi connectivity index (χ2v) is 11.8. The van der Waals surface area contributed by atoms with Gasteiger partial charge in [-0.3, -0.25) is 14.4 Å². The molecule has 0 bridgehead atoms. The lowest BCUT2D eigenvalue weighted by Crippen LogP contribution is -2.51.